The molecule has 0 atom stereocenters. The number of allylic oxidation sites excluding steroid dienone is 2. The molecule has 17 heavy (non-hydrogen) atoms. The van der Waals surface area contributed by atoms with Gasteiger partial charge in [0.25, 0.3) is 0 Å². The van der Waals surface area contributed by atoms with Gasteiger partial charge in [0.15, 0.2) is 0 Å². The van der Waals surface area contributed by atoms with Gasteiger partial charge in [-0.3, -0.25) is 0 Å². The molecular formula is C13H20O4. The number of hydrogen-bond donors (Lipinski definition) is 2. The van der Waals surface area contributed by atoms with Gasteiger partial charge >= 0.3 is 11.9 Å². The summed E-state index contributed by atoms with van der Waals surface area (Å²) in [7, 11) is 0. The van der Waals surface area contributed by atoms with E-state index in [0.717, 1.165) is 12.2 Å². The van der Waals surface area contributed by atoms with E-state index in [9.17, 15) is 9.59 Å². The molecule has 0 unspecified atom stereocenters. The number of carboxylic acid groups (broad SMARTS) is 2. The second kappa shape index (κ2) is 5.66. The topological polar surface area (TPSA) is 74.6 Å². The molecule has 0 aromatic rings. The highest BCUT2D eigenvalue weighted by Gasteiger charge is 2.25. The molecule has 0 saturated heterocycles. The maximum atomic E-state index is 10.4. The minimum atomic E-state index is -0.975. The summed E-state index contributed by atoms with van der Waals surface area (Å²) >= 11 is 0. The van der Waals surface area contributed by atoms with Crippen LogP contribution in [0.15, 0.2) is 24.3 Å². The van der Waals surface area contributed by atoms with Crippen LogP contribution in [-0.2, 0) is 9.59 Å². The van der Waals surface area contributed by atoms with Gasteiger partial charge in [-0.05, 0) is 17.3 Å². The maximum absolute atomic E-state index is 10.4. The van der Waals surface area contributed by atoms with Crippen molar-refractivity contribution < 1.29 is 19.8 Å². The zero-order chi connectivity index (χ0) is 13.7. The fourth-order valence-corrected chi connectivity index (χ4v) is 1.89. The Morgan fingerprint density at radius 2 is 1.18 bits per heavy atom. The molecule has 4 nitrogen and oxygen atoms in total. The lowest BCUT2D eigenvalue weighted by Crippen LogP contribution is -2.20. The van der Waals surface area contributed by atoms with E-state index in [1.807, 2.05) is 27.7 Å². The molecule has 4 heteroatoms. The average molecular weight is 240 g/mol. The van der Waals surface area contributed by atoms with Crippen LogP contribution in [0.5, 0.6) is 0 Å². The fraction of sp³-hybridized carbons (Fsp3) is 0.538. The summed E-state index contributed by atoms with van der Waals surface area (Å²) in [6.45, 7) is 7.68. The van der Waals surface area contributed by atoms with E-state index in [0.29, 0.717) is 6.42 Å². The number of aliphatic carboxylic acids is 2. The normalized spacial score (nSPS) is 13.4. The zero-order valence-corrected chi connectivity index (χ0v) is 10.7. The molecule has 0 aliphatic heterocycles. The van der Waals surface area contributed by atoms with Crippen LogP contribution < -0.4 is 0 Å². The molecule has 0 spiro atoms. The van der Waals surface area contributed by atoms with Gasteiger partial charge in [-0.15, -0.1) is 0 Å². The predicted molar refractivity (Wildman–Crippen MR) is 65.7 cm³/mol. The zero-order valence-electron chi connectivity index (χ0n) is 10.7. The van der Waals surface area contributed by atoms with Crippen molar-refractivity contribution in [2.75, 3.05) is 0 Å². The number of hydrogen-bond acceptors (Lipinski definition) is 2. The third-order valence-corrected chi connectivity index (χ3v) is 2.27. The van der Waals surface area contributed by atoms with Gasteiger partial charge in [0.05, 0.1) is 0 Å². The van der Waals surface area contributed by atoms with E-state index in [2.05, 4.69) is 0 Å². The first-order chi connectivity index (χ1) is 7.54. The Balaban J connectivity index is 4.69. The molecule has 0 aliphatic carbocycles. The summed E-state index contributed by atoms with van der Waals surface area (Å²) in [6.07, 6.45) is 6.17. The van der Waals surface area contributed by atoms with E-state index in [-0.39, 0.29) is 10.8 Å². The van der Waals surface area contributed by atoms with Crippen molar-refractivity contribution in [2.45, 2.75) is 34.1 Å². The quantitative estimate of drug-likeness (QED) is 0.700. The third kappa shape index (κ3) is 8.25. The van der Waals surface area contributed by atoms with Crippen molar-refractivity contribution >= 4 is 11.9 Å². The lowest BCUT2D eigenvalue weighted by molar-refractivity contribution is -0.132. The first-order valence-corrected chi connectivity index (χ1v) is 5.38. The molecule has 0 aliphatic rings. The van der Waals surface area contributed by atoms with Crippen LogP contribution in [0.1, 0.15) is 34.1 Å². The second-order valence-electron chi connectivity index (χ2n) is 5.50. The van der Waals surface area contributed by atoms with Gasteiger partial charge < -0.3 is 10.2 Å². The van der Waals surface area contributed by atoms with Crippen LogP contribution in [-0.4, -0.2) is 22.2 Å². The van der Waals surface area contributed by atoms with E-state index >= 15 is 0 Å². The van der Waals surface area contributed by atoms with Crippen molar-refractivity contribution in [3.8, 4) is 0 Å². The average Bonchev–Trinajstić information content (AvgIpc) is 2.10. The molecule has 0 aromatic heterocycles. The van der Waals surface area contributed by atoms with Gasteiger partial charge in [-0.25, -0.2) is 9.59 Å². The minimum Gasteiger partial charge on any atom is -0.478 e. The minimum absolute atomic E-state index is 0.301. The second-order valence-corrected chi connectivity index (χ2v) is 5.50. The first kappa shape index (κ1) is 15.4. The van der Waals surface area contributed by atoms with Crippen molar-refractivity contribution in [3.05, 3.63) is 24.3 Å². The van der Waals surface area contributed by atoms with E-state index in [1.54, 1.807) is 12.2 Å². The van der Waals surface area contributed by atoms with Crippen molar-refractivity contribution in [1.82, 2.24) is 0 Å². The summed E-state index contributed by atoms with van der Waals surface area (Å²) in [5.74, 6) is -1.95. The standard InChI is InChI=1S/C13H20O4/c1-12(2,7-5-10(14)15)9-13(3,4)8-6-11(16)17/h5-8H,9H2,1-4H3,(H,14,15)(H,16,17)/b7-5+,8-6+. The Morgan fingerprint density at radius 1 is 0.882 bits per heavy atom. The van der Waals surface area contributed by atoms with E-state index in [4.69, 9.17) is 10.2 Å². The number of carboxylic acids is 2. The molecular weight excluding hydrogens is 220 g/mol. The molecule has 0 bridgehead atoms. The molecule has 0 radical (unpaired) electrons. The van der Waals surface area contributed by atoms with Crippen molar-refractivity contribution in [3.63, 3.8) is 0 Å². The van der Waals surface area contributed by atoms with Crippen LogP contribution in [0.3, 0.4) is 0 Å². The highest BCUT2D eigenvalue weighted by molar-refractivity contribution is 5.80. The summed E-state index contributed by atoms with van der Waals surface area (Å²) in [5.41, 5.74) is -0.602. The smallest absolute Gasteiger partial charge is 0.327 e. The van der Waals surface area contributed by atoms with Gasteiger partial charge in [-0.1, -0.05) is 39.8 Å². The first-order valence-electron chi connectivity index (χ1n) is 5.38. The highest BCUT2D eigenvalue weighted by atomic mass is 16.4. The van der Waals surface area contributed by atoms with Crippen LogP contribution in [0.2, 0.25) is 0 Å². The molecule has 0 saturated carbocycles. The largest absolute Gasteiger partial charge is 0.478 e. The maximum Gasteiger partial charge on any atom is 0.327 e. The molecule has 0 fully saturated rings. The SMILES string of the molecule is CC(C)(/C=C/C(=O)O)CC(C)(C)/C=C/C(=O)O. The van der Waals surface area contributed by atoms with Crippen LogP contribution in [0, 0.1) is 10.8 Å². The summed E-state index contributed by atoms with van der Waals surface area (Å²) < 4.78 is 0. The van der Waals surface area contributed by atoms with Crippen LogP contribution >= 0.6 is 0 Å². The Morgan fingerprint density at radius 3 is 1.41 bits per heavy atom. The molecule has 0 aromatic carbocycles. The Hall–Kier alpha value is -1.58. The Bertz CT molecular complexity index is 314. The molecule has 0 heterocycles. The predicted octanol–water partition coefficient (Wildman–Crippen LogP) is 2.71. The molecule has 0 rings (SSSR count). The molecule has 96 valence electrons. The fourth-order valence-electron chi connectivity index (χ4n) is 1.89. The van der Waals surface area contributed by atoms with Crippen LogP contribution in [0.25, 0.3) is 0 Å². The monoisotopic (exact) mass is 240 g/mol. The lowest BCUT2D eigenvalue weighted by Gasteiger charge is -2.30. The van der Waals surface area contributed by atoms with Crippen molar-refractivity contribution in [2.24, 2.45) is 10.8 Å². The van der Waals surface area contributed by atoms with Gasteiger partial charge in [-0.2, -0.15) is 0 Å². The highest BCUT2D eigenvalue weighted by Crippen LogP contribution is 2.35. The summed E-state index contributed by atoms with van der Waals surface area (Å²) in [6, 6.07) is 0. The number of rotatable bonds is 6. The summed E-state index contributed by atoms with van der Waals surface area (Å²) in [4.78, 5) is 20.9. The van der Waals surface area contributed by atoms with Gasteiger partial charge in [0.1, 0.15) is 0 Å². The van der Waals surface area contributed by atoms with Gasteiger partial charge in [0, 0.05) is 12.2 Å². The van der Waals surface area contributed by atoms with Crippen molar-refractivity contribution in [1.29, 1.82) is 0 Å². The Labute approximate surface area is 102 Å². The van der Waals surface area contributed by atoms with Gasteiger partial charge in [0.2, 0.25) is 0 Å². The molecule has 2 N–H and O–H groups in total. The van der Waals surface area contributed by atoms with Crippen LogP contribution in [0.4, 0.5) is 0 Å². The summed E-state index contributed by atoms with van der Waals surface area (Å²) in [5, 5.41) is 17.1. The number of carbonyl (C=O) groups is 2. The van der Waals surface area contributed by atoms with E-state index < -0.39 is 11.9 Å². The Kier molecular flexibility index (Phi) is 5.13. The van der Waals surface area contributed by atoms with E-state index in [1.165, 1.54) is 0 Å². The third-order valence-electron chi connectivity index (χ3n) is 2.27. The molecule has 0 amide bonds. The lowest BCUT2D eigenvalue weighted by atomic mass is 9.75.